The van der Waals surface area contributed by atoms with Crippen molar-refractivity contribution in [2.75, 3.05) is 0 Å². The van der Waals surface area contributed by atoms with E-state index in [1.54, 1.807) is 12.1 Å². The Hall–Kier alpha value is -0.150. The summed E-state index contributed by atoms with van der Waals surface area (Å²) in [5.41, 5.74) is 0.144. The Labute approximate surface area is 137 Å². The largest absolute Gasteiger partial charge is 0.490 e. The molecule has 1 N–H and O–H groups in total. The molecule has 114 valence electrons. The van der Waals surface area contributed by atoms with Gasteiger partial charge in [0.25, 0.3) is 0 Å². The number of rotatable bonds is 2. The molecule has 1 aliphatic heterocycles. The van der Waals surface area contributed by atoms with Gasteiger partial charge in [-0.2, -0.15) is 0 Å². The van der Waals surface area contributed by atoms with Crippen molar-refractivity contribution < 1.29 is 4.74 Å². The predicted molar refractivity (Wildman–Crippen MR) is 88.7 cm³/mol. The molecule has 0 aromatic heterocycles. The summed E-state index contributed by atoms with van der Waals surface area (Å²) in [5.74, 6) is 0.785. The summed E-state index contributed by atoms with van der Waals surface area (Å²) in [7, 11) is 0. The summed E-state index contributed by atoms with van der Waals surface area (Å²) < 4.78 is 6.08. The third-order valence-electron chi connectivity index (χ3n) is 3.35. The SMILES string of the molecule is CC1(C)CC(Oc2ccc(Cl)c(Cl)c2)CC(C)(C)N1.Cl. The Morgan fingerprint density at radius 1 is 1.05 bits per heavy atom. The van der Waals surface area contributed by atoms with Crippen molar-refractivity contribution in [3.8, 4) is 5.75 Å². The van der Waals surface area contributed by atoms with Crippen LogP contribution < -0.4 is 10.1 Å². The first-order chi connectivity index (χ1) is 8.67. The van der Waals surface area contributed by atoms with Crippen LogP contribution >= 0.6 is 35.6 Å². The van der Waals surface area contributed by atoms with Crippen LogP contribution in [0.25, 0.3) is 0 Å². The van der Waals surface area contributed by atoms with Crippen molar-refractivity contribution in [3.05, 3.63) is 28.2 Å². The fourth-order valence-corrected chi connectivity index (χ4v) is 3.34. The van der Waals surface area contributed by atoms with Gasteiger partial charge in [-0.3, -0.25) is 0 Å². The number of benzene rings is 1. The molecule has 1 aromatic rings. The van der Waals surface area contributed by atoms with Crippen LogP contribution in [0.3, 0.4) is 0 Å². The minimum atomic E-state index is 0. The maximum absolute atomic E-state index is 6.08. The molecule has 1 heterocycles. The van der Waals surface area contributed by atoms with Gasteiger partial charge in [-0.15, -0.1) is 12.4 Å². The van der Waals surface area contributed by atoms with E-state index in [4.69, 9.17) is 27.9 Å². The second kappa shape index (κ2) is 6.31. The van der Waals surface area contributed by atoms with Crippen molar-refractivity contribution >= 4 is 35.6 Å². The molecule has 0 amide bonds. The summed E-state index contributed by atoms with van der Waals surface area (Å²) in [6, 6.07) is 5.43. The lowest BCUT2D eigenvalue weighted by molar-refractivity contribution is 0.0559. The van der Waals surface area contributed by atoms with E-state index in [-0.39, 0.29) is 29.6 Å². The van der Waals surface area contributed by atoms with Crippen molar-refractivity contribution in [1.29, 1.82) is 0 Å². The summed E-state index contributed by atoms with van der Waals surface area (Å²) in [6.45, 7) is 8.83. The minimum absolute atomic E-state index is 0. The van der Waals surface area contributed by atoms with Gasteiger partial charge in [0.05, 0.1) is 10.0 Å². The quantitative estimate of drug-likeness (QED) is 0.809. The highest BCUT2D eigenvalue weighted by atomic mass is 35.5. The highest BCUT2D eigenvalue weighted by molar-refractivity contribution is 6.42. The lowest BCUT2D eigenvalue weighted by Crippen LogP contribution is -2.60. The van der Waals surface area contributed by atoms with Gasteiger partial charge in [-0.25, -0.2) is 0 Å². The van der Waals surface area contributed by atoms with Gasteiger partial charge in [-0.05, 0) is 39.8 Å². The zero-order chi connectivity index (χ0) is 14.3. The molecule has 20 heavy (non-hydrogen) atoms. The van der Waals surface area contributed by atoms with E-state index < -0.39 is 0 Å². The molecule has 0 bridgehead atoms. The molecule has 5 heteroatoms. The average molecular weight is 339 g/mol. The van der Waals surface area contributed by atoms with E-state index in [2.05, 4.69) is 33.0 Å². The van der Waals surface area contributed by atoms with Crippen LogP contribution in [0.1, 0.15) is 40.5 Å². The van der Waals surface area contributed by atoms with E-state index in [0.29, 0.717) is 10.0 Å². The van der Waals surface area contributed by atoms with Gasteiger partial charge in [0.2, 0.25) is 0 Å². The highest BCUT2D eigenvalue weighted by Crippen LogP contribution is 2.33. The lowest BCUT2D eigenvalue weighted by Gasteiger charge is -2.46. The number of piperidine rings is 1. The molecular formula is C15H22Cl3NO. The fraction of sp³-hybridized carbons (Fsp3) is 0.600. The molecule has 0 aliphatic carbocycles. The molecule has 1 fully saturated rings. The molecule has 1 saturated heterocycles. The standard InChI is InChI=1S/C15H21Cl2NO.ClH/c1-14(2)8-11(9-15(3,4)18-14)19-10-5-6-12(16)13(17)7-10;/h5-7,11,18H,8-9H2,1-4H3;1H. The highest BCUT2D eigenvalue weighted by Gasteiger charge is 2.38. The van der Waals surface area contributed by atoms with Crippen molar-refractivity contribution in [3.63, 3.8) is 0 Å². The monoisotopic (exact) mass is 337 g/mol. The second-order valence-corrected chi connectivity index (χ2v) is 7.43. The zero-order valence-electron chi connectivity index (χ0n) is 12.3. The molecule has 0 spiro atoms. The summed E-state index contributed by atoms with van der Waals surface area (Å²) >= 11 is 11.9. The molecular weight excluding hydrogens is 317 g/mol. The van der Waals surface area contributed by atoms with Gasteiger partial charge >= 0.3 is 0 Å². The molecule has 1 aromatic carbocycles. The number of hydrogen-bond donors (Lipinski definition) is 1. The lowest BCUT2D eigenvalue weighted by atomic mass is 9.81. The Bertz CT molecular complexity index is 458. The Balaban J connectivity index is 0.00000200. The number of ether oxygens (including phenoxy) is 1. The van der Waals surface area contributed by atoms with Crippen LogP contribution in [0.5, 0.6) is 5.75 Å². The van der Waals surface area contributed by atoms with Gasteiger partial charge < -0.3 is 10.1 Å². The van der Waals surface area contributed by atoms with Crippen molar-refractivity contribution in [2.45, 2.75) is 57.7 Å². The third kappa shape index (κ3) is 4.70. The van der Waals surface area contributed by atoms with Crippen LogP contribution in [-0.4, -0.2) is 17.2 Å². The summed E-state index contributed by atoms with van der Waals surface area (Å²) in [4.78, 5) is 0. The molecule has 1 aliphatic rings. The molecule has 2 rings (SSSR count). The molecule has 0 atom stereocenters. The molecule has 0 radical (unpaired) electrons. The molecule has 0 unspecified atom stereocenters. The maximum Gasteiger partial charge on any atom is 0.121 e. The minimum Gasteiger partial charge on any atom is -0.490 e. The number of halogens is 3. The Morgan fingerprint density at radius 2 is 1.60 bits per heavy atom. The second-order valence-electron chi connectivity index (χ2n) is 6.62. The van der Waals surface area contributed by atoms with Gasteiger partial charge in [0.1, 0.15) is 11.9 Å². The van der Waals surface area contributed by atoms with E-state index >= 15 is 0 Å². The van der Waals surface area contributed by atoms with Crippen molar-refractivity contribution in [2.24, 2.45) is 0 Å². The van der Waals surface area contributed by atoms with Crippen molar-refractivity contribution in [1.82, 2.24) is 5.32 Å². The summed E-state index contributed by atoms with van der Waals surface area (Å²) in [6.07, 6.45) is 2.12. The Kier molecular flexibility index (Phi) is 5.65. The first kappa shape index (κ1) is 17.9. The maximum atomic E-state index is 6.08. The van der Waals surface area contributed by atoms with E-state index in [9.17, 15) is 0 Å². The van der Waals surface area contributed by atoms with Crippen LogP contribution in [0.4, 0.5) is 0 Å². The predicted octanol–water partition coefficient (Wildman–Crippen LogP) is 5.10. The average Bonchev–Trinajstić information content (AvgIpc) is 2.18. The van der Waals surface area contributed by atoms with Crippen LogP contribution in [0.15, 0.2) is 18.2 Å². The summed E-state index contributed by atoms with van der Waals surface area (Å²) in [5, 5.41) is 4.73. The number of hydrogen-bond acceptors (Lipinski definition) is 2. The topological polar surface area (TPSA) is 21.3 Å². The van der Waals surface area contributed by atoms with Crippen LogP contribution in [0.2, 0.25) is 10.0 Å². The smallest absolute Gasteiger partial charge is 0.121 e. The van der Waals surface area contributed by atoms with E-state index in [1.165, 1.54) is 0 Å². The van der Waals surface area contributed by atoms with Crippen LogP contribution in [0, 0.1) is 0 Å². The molecule has 0 saturated carbocycles. The molecule has 2 nitrogen and oxygen atoms in total. The van der Waals surface area contributed by atoms with Gasteiger partial charge in [0, 0.05) is 30.0 Å². The number of nitrogens with one attached hydrogen (secondary N) is 1. The van der Waals surface area contributed by atoms with Gasteiger partial charge in [-0.1, -0.05) is 23.2 Å². The zero-order valence-corrected chi connectivity index (χ0v) is 14.6. The first-order valence-corrected chi connectivity index (χ1v) is 7.34. The normalized spacial score (nSPS) is 21.1. The third-order valence-corrected chi connectivity index (χ3v) is 4.09. The van der Waals surface area contributed by atoms with E-state index in [1.807, 2.05) is 6.07 Å². The van der Waals surface area contributed by atoms with E-state index in [0.717, 1.165) is 18.6 Å². The van der Waals surface area contributed by atoms with Crippen LogP contribution in [-0.2, 0) is 0 Å². The Morgan fingerprint density at radius 3 is 2.10 bits per heavy atom. The van der Waals surface area contributed by atoms with Gasteiger partial charge in [0.15, 0.2) is 0 Å². The fourth-order valence-electron chi connectivity index (χ4n) is 3.05. The first-order valence-electron chi connectivity index (χ1n) is 6.58.